The first-order chi connectivity index (χ1) is 13.9. The average molecular weight is 411 g/mol. The van der Waals surface area contributed by atoms with Crippen molar-refractivity contribution >= 4 is 21.6 Å². The van der Waals surface area contributed by atoms with Crippen molar-refractivity contribution < 1.29 is 13.2 Å². The third-order valence-electron chi connectivity index (χ3n) is 4.94. The quantitative estimate of drug-likeness (QED) is 0.684. The van der Waals surface area contributed by atoms with E-state index < -0.39 is 15.9 Å². The maximum absolute atomic E-state index is 12.5. The van der Waals surface area contributed by atoms with Gasteiger partial charge in [-0.25, -0.2) is 13.6 Å². The van der Waals surface area contributed by atoms with Gasteiger partial charge in [-0.05, 0) is 55.3 Å². The maximum Gasteiger partial charge on any atom is 0.255 e. The maximum atomic E-state index is 12.5. The van der Waals surface area contributed by atoms with Crippen LogP contribution in [0, 0.1) is 0 Å². The minimum Gasteiger partial charge on any atom is -0.322 e. The number of sulfonamides is 1. The van der Waals surface area contributed by atoms with Crippen LogP contribution in [0.4, 0.5) is 5.69 Å². The molecule has 1 aliphatic rings. The lowest BCUT2D eigenvalue weighted by molar-refractivity contribution is 0.102. The van der Waals surface area contributed by atoms with E-state index in [1.54, 1.807) is 12.1 Å². The predicted octanol–water partition coefficient (Wildman–Crippen LogP) is 2.57. The van der Waals surface area contributed by atoms with Gasteiger partial charge in [-0.2, -0.15) is 0 Å². The molecule has 2 heterocycles. The number of carbonyl (C=O) groups is 1. The van der Waals surface area contributed by atoms with E-state index in [-0.39, 0.29) is 10.5 Å². The fourth-order valence-electron chi connectivity index (χ4n) is 3.42. The zero-order chi connectivity index (χ0) is 20.4. The molecule has 2 aromatic carbocycles. The van der Waals surface area contributed by atoms with Crippen molar-refractivity contribution in [1.82, 2.24) is 14.8 Å². The van der Waals surface area contributed by atoms with Gasteiger partial charge in [-0.15, -0.1) is 10.2 Å². The van der Waals surface area contributed by atoms with Crippen molar-refractivity contribution in [2.24, 2.45) is 5.14 Å². The minimum absolute atomic E-state index is 0.104. The summed E-state index contributed by atoms with van der Waals surface area (Å²) in [5, 5.41) is 16.5. The van der Waals surface area contributed by atoms with Crippen LogP contribution in [0.25, 0.3) is 11.4 Å². The minimum atomic E-state index is -3.87. The van der Waals surface area contributed by atoms with Crippen molar-refractivity contribution in [2.45, 2.75) is 37.1 Å². The number of amides is 1. The van der Waals surface area contributed by atoms with E-state index in [9.17, 15) is 13.2 Å². The molecule has 1 aliphatic heterocycles. The first-order valence-corrected chi connectivity index (χ1v) is 10.9. The third kappa shape index (κ3) is 4.20. The summed E-state index contributed by atoms with van der Waals surface area (Å²) in [7, 11) is -3.87. The highest BCUT2D eigenvalue weighted by Gasteiger charge is 2.16. The van der Waals surface area contributed by atoms with Gasteiger partial charge in [0.25, 0.3) is 5.91 Å². The number of primary sulfonamides is 1. The molecular weight excluding hydrogens is 390 g/mol. The number of aryl methyl sites for hydroxylation is 1. The first-order valence-electron chi connectivity index (χ1n) is 9.38. The Labute approximate surface area is 168 Å². The summed E-state index contributed by atoms with van der Waals surface area (Å²) in [6.07, 6.45) is 4.39. The molecule has 1 aromatic heterocycles. The second-order valence-corrected chi connectivity index (χ2v) is 8.57. The van der Waals surface area contributed by atoms with Gasteiger partial charge in [0.2, 0.25) is 10.0 Å². The van der Waals surface area contributed by atoms with Crippen molar-refractivity contribution in [3.63, 3.8) is 0 Å². The largest absolute Gasteiger partial charge is 0.322 e. The van der Waals surface area contributed by atoms with Gasteiger partial charge in [0.15, 0.2) is 5.82 Å². The summed E-state index contributed by atoms with van der Waals surface area (Å²) in [4.78, 5) is 12.4. The predicted molar refractivity (Wildman–Crippen MR) is 109 cm³/mol. The van der Waals surface area contributed by atoms with Gasteiger partial charge < -0.3 is 9.88 Å². The van der Waals surface area contributed by atoms with Crippen molar-refractivity contribution in [2.75, 3.05) is 5.32 Å². The number of hydrogen-bond donors (Lipinski definition) is 2. The topological polar surface area (TPSA) is 120 Å². The Morgan fingerprint density at radius 3 is 2.59 bits per heavy atom. The molecule has 0 atom stereocenters. The van der Waals surface area contributed by atoms with Crippen molar-refractivity contribution in [3.05, 3.63) is 59.9 Å². The van der Waals surface area contributed by atoms with E-state index >= 15 is 0 Å². The van der Waals surface area contributed by atoms with Crippen LogP contribution >= 0.6 is 0 Å². The van der Waals surface area contributed by atoms with Gasteiger partial charge in [-0.3, -0.25) is 4.79 Å². The highest BCUT2D eigenvalue weighted by atomic mass is 32.2. The second-order valence-electron chi connectivity index (χ2n) is 7.01. The molecule has 1 amide bonds. The number of aromatic nitrogens is 3. The number of rotatable bonds is 4. The number of anilines is 1. The normalized spacial score (nSPS) is 14.1. The summed E-state index contributed by atoms with van der Waals surface area (Å²) in [5.41, 5.74) is 1.73. The van der Waals surface area contributed by atoms with Crippen LogP contribution in [-0.4, -0.2) is 29.1 Å². The number of benzene rings is 2. The van der Waals surface area contributed by atoms with Gasteiger partial charge in [0, 0.05) is 29.8 Å². The Balaban J connectivity index is 1.52. The lowest BCUT2D eigenvalue weighted by atomic mass is 10.1. The molecular formula is C20H21N5O3S. The SMILES string of the molecule is NS(=O)(=O)c1cccc(C(=O)Nc2ccc(-c3nnc4n3CCCCC4)cc2)c1. The van der Waals surface area contributed by atoms with Crippen LogP contribution in [0.15, 0.2) is 53.4 Å². The van der Waals surface area contributed by atoms with Gasteiger partial charge in [0.1, 0.15) is 5.82 Å². The number of nitrogens with two attached hydrogens (primary N) is 1. The summed E-state index contributed by atoms with van der Waals surface area (Å²) in [5.74, 6) is 1.44. The van der Waals surface area contributed by atoms with E-state index in [1.165, 1.54) is 30.7 Å². The number of hydrogen-bond acceptors (Lipinski definition) is 5. The highest BCUT2D eigenvalue weighted by Crippen LogP contribution is 2.24. The summed E-state index contributed by atoms with van der Waals surface area (Å²) >= 11 is 0. The fraction of sp³-hybridized carbons (Fsp3) is 0.250. The standard InChI is InChI=1S/C20H21N5O3S/c21-29(27,28)17-6-4-5-15(13-17)20(26)22-16-10-8-14(9-11-16)19-24-23-18-7-2-1-3-12-25(18)19/h4-6,8-11,13H,1-3,7,12H2,(H,22,26)(H2,21,27,28). The first kappa shape index (κ1) is 19.3. The van der Waals surface area contributed by atoms with Crippen molar-refractivity contribution in [3.8, 4) is 11.4 Å². The number of carbonyl (C=O) groups excluding carboxylic acids is 1. The Morgan fingerprint density at radius 2 is 1.83 bits per heavy atom. The van der Waals surface area contributed by atoms with E-state index in [4.69, 9.17) is 5.14 Å². The zero-order valence-corrected chi connectivity index (χ0v) is 16.5. The van der Waals surface area contributed by atoms with E-state index in [2.05, 4.69) is 20.1 Å². The molecule has 0 radical (unpaired) electrons. The molecule has 0 spiro atoms. The Morgan fingerprint density at radius 1 is 1.03 bits per heavy atom. The molecule has 4 rings (SSSR count). The third-order valence-corrected chi connectivity index (χ3v) is 5.85. The molecule has 0 unspecified atom stereocenters. The molecule has 0 fully saturated rings. The summed E-state index contributed by atoms with van der Waals surface area (Å²) in [6, 6.07) is 13.0. The molecule has 8 nitrogen and oxygen atoms in total. The molecule has 3 N–H and O–H groups in total. The molecule has 150 valence electrons. The zero-order valence-electron chi connectivity index (χ0n) is 15.7. The smallest absolute Gasteiger partial charge is 0.255 e. The monoisotopic (exact) mass is 411 g/mol. The molecule has 29 heavy (non-hydrogen) atoms. The number of nitrogens with one attached hydrogen (secondary N) is 1. The van der Waals surface area contributed by atoms with Crippen LogP contribution < -0.4 is 10.5 Å². The van der Waals surface area contributed by atoms with Gasteiger partial charge >= 0.3 is 0 Å². The van der Waals surface area contributed by atoms with Gasteiger partial charge in [0.05, 0.1) is 4.90 Å². The average Bonchev–Trinajstić information content (AvgIpc) is 2.96. The number of fused-ring (bicyclic) bond motifs is 1. The van der Waals surface area contributed by atoms with Crippen LogP contribution in [0.5, 0.6) is 0 Å². The molecule has 0 bridgehead atoms. The fourth-order valence-corrected chi connectivity index (χ4v) is 3.98. The second kappa shape index (κ2) is 7.76. The van der Waals surface area contributed by atoms with Crippen LogP contribution in [0.2, 0.25) is 0 Å². The molecule has 9 heteroatoms. The van der Waals surface area contributed by atoms with E-state index in [0.29, 0.717) is 5.69 Å². The summed E-state index contributed by atoms with van der Waals surface area (Å²) < 4.78 is 25.1. The van der Waals surface area contributed by atoms with Gasteiger partial charge in [-0.1, -0.05) is 12.5 Å². The number of nitrogens with zero attached hydrogens (tertiary/aromatic N) is 3. The summed E-state index contributed by atoms with van der Waals surface area (Å²) in [6.45, 7) is 0.913. The highest BCUT2D eigenvalue weighted by molar-refractivity contribution is 7.89. The Kier molecular flexibility index (Phi) is 5.16. The Bertz CT molecular complexity index is 1150. The van der Waals surface area contributed by atoms with Crippen LogP contribution in [-0.2, 0) is 23.0 Å². The molecule has 0 saturated carbocycles. The van der Waals surface area contributed by atoms with Crippen LogP contribution in [0.1, 0.15) is 35.4 Å². The lowest BCUT2D eigenvalue weighted by Crippen LogP contribution is -2.15. The van der Waals surface area contributed by atoms with Crippen molar-refractivity contribution in [1.29, 1.82) is 0 Å². The Hall–Kier alpha value is -3.04. The molecule has 3 aromatic rings. The molecule has 0 saturated heterocycles. The molecule has 0 aliphatic carbocycles. The van der Waals surface area contributed by atoms with Crippen LogP contribution in [0.3, 0.4) is 0 Å². The lowest BCUT2D eigenvalue weighted by Gasteiger charge is -2.09. The van der Waals surface area contributed by atoms with E-state index in [0.717, 1.165) is 43.0 Å². The van der Waals surface area contributed by atoms with E-state index in [1.807, 2.05) is 12.1 Å².